The Kier molecular flexibility index (Phi) is 4.36. The lowest BCUT2D eigenvalue weighted by Gasteiger charge is -2.22. The predicted molar refractivity (Wildman–Crippen MR) is 68.9 cm³/mol. The van der Waals surface area contributed by atoms with Gasteiger partial charge in [-0.2, -0.15) is 0 Å². The molecule has 0 radical (unpaired) electrons. The van der Waals surface area contributed by atoms with Crippen molar-refractivity contribution in [3.05, 3.63) is 28.8 Å². The number of benzene rings is 1. The topological polar surface area (TPSA) is 35.2 Å². The van der Waals surface area contributed by atoms with Crippen molar-refractivity contribution in [3.8, 4) is 5.75 Å². The number of ether oxygens (including phenoxy) is 1. The fourth-order valence-corrected chi connectivity index (χ4v) is 1.90. The quantitative estimate of drug-likeness (QED) is 0.846. The van der Waals surface area contributed by atoms with E-state index in [1.165, 1.54) is 11.1 Å². The maximum absolute atomic E-state index is 6.26. The molecular formula is C14H23NO. The van der Waals surface area contributed by atoms with Crippen LogP contribution in [0.15, 0.2) is 12.1 Å². The molecule has 1 rings (SSSR count). The van der Waals surface area contributed by atoms with Gasteiger partial charge in [-0.15, -0.1) is 0 Å². The van der Waals surface area contributed by atoms with Crippen molar-refractivity contribution in [3.63, 3.8) is 0 Å². The molecule has 0 aliphatic rings. The van der Waals surface area contributed by atoms with Crippen LogP contribution in [0, 0.1) is 19.8 Å². The number of methoxy groups -OCH3 is 1. The lowest BCUT2D eigenvalue weighted by molar-refractivity contribution is 0.385. The summed E-state index contributed by atoms with van der Waals surface area (Å²) in [6.45, 7) is 8.52. The normalized spacial score (nSPS) is 14.6. The molecule has 1 aromatic rings. The third-order valence-corrected chi connectivity index (χ3v) is 3.53. The summed E-state index contributed by atoms with van der Waals surface area (Å²) in [4.78, 5) is 0. The zero-order valence-corrected chi connectivity index (χ0v) is 11.0. The Bertz CT molecular complexity index is 360. The first-order valence-corrected chi connectivity index (χ1v) is 5.92. The Morgan fingerprint density at radius 1 is 1.31 bits per heavy atom. The Labute approximate surface area is 98.8 Å². The van der Waals surface area contributed by atoms with Crippen LogP contribution < -0.4 is 10.5 Å². The van der Waals surface area contributed by atoms with Crippen LogP contribution in [0.4, 0.5) is 0 Å². The molecule has 2 atom stereocenters. The summed E-state index contributed by atoms with van der Waals surface area (Å²) in [6, 6.07) is 4.27. The van der Waals surface area contributed by atoms with E-state index in [0.717, 1.165) is 17.7 Å². The largest absolute Gasteiger partial charge is 0.496 e. The van der Waals surface area contributed by atoms with Gasteiger partial charge in [0, 0.05) is 11.6 Å². The van der Waals surface area contributed by atoms with E-state index < -0.39 is 0 Å². The Hall–Kier alpha value is -1.02. The molecule has 0 saturated heterocycles. The number of rotatable bonds is 4. The lowest BCUT2D eigenvalue weighted by Crippen LogP contribution is -2.19. The summed E-state index contributed by atoms with van der Waals surface area (Å²) in [5.74, 6) is 1.42. The van der Waals surface area contributed by atoms with Crippen LogP contribution in [0.2, 0.25) is 0 Å². The van der Waals surface area contributed by atoms with E-state index in [1.54, 1.807) is 7.11 Å². The molecule has 0 aliphatic heterocycles. The zero-order chi connectivity index (χ0) is 12.3. The highest BCUT2D eigenvalue weighted by Crippen LogP contribution is 2.33. The first-order chi connectivity index (χ1) is 7.52. The molecule has 2 unspecified atom stereocenters. The highest BCUT2D eigenvalue weighted by atomic mass is 16.5. The van der Waals surface area contributed by atoms with Gasteiger partial charge in [0.05, 0.1) is 7.11 Å². The van der Waals surface area contributed by atoms with E-state index in [0.29, 0.717) is 5.92 Å². The molecule has 0 fully saturated rings. The standard InChI is InChI=1S/C14H23NO/c1-6-9(2)13(15)12-8-7-10(3)11(4)14(12)16-5/h7-9,13H,6,15H2,1-5H3. The molecule has 0 heterocycles. The molecule has 0 spiro atoms. The summed E-state index contributed by atoms with van der Waals surface area (Å²) in [7, 11) is 1.72. The van der Waals surface area contributed by atoms with Crippen LogP contribution in [0.25, 0.3) is 0 Å². The minimum absolute atomic E-state index is 0.0549. The molecule has 2 N–H and O–H groups in total. The van der Waals surface area contributed by atoms with Crippen molar-refractivity contribution < 1.29 is 4.74 Å². The fraction of sp³-hybridized carbons (Fsp3) is 0.571. The van der Waals surface area contributed by atoms with Gasteiger partial charge in [0.15, 0.2) is 0 Å². The van der Waals surface area contributed by atoms with Gasteiger partial charge in [0.2, 0.25) is 0 Å². The van der Waals surface area contributed by atoms with Gasteiger partial charge >= 0.3 is 0 Å². The Morgan fingerprint density at radius 2 is 1.94 bits per heavy atom. The molecule has 2 heteroatoms. The predicted octanol–water partition coefficient (Wildman–Crippen LogP) is 3.36. The number of hydrogen-bond donors (Lipinski definition) is 1. The van der Waals surface area contributed by atoms with Crippen molar-refractivity contribution in [2.75, 3.05) is 7.11 Å². The van der Waals surface area contributed by atoms with Crippen molar-refractivity contribution in [2.24, 2.45) is 11.7 Å². The third-order valence-electron chi connectivity index (χ3n) is 3.53. The molecule has 90 valence electrons. The summed E-state index contributed by atoms with van der Waals surface area (Å²) in [6.07, 6.45) is 1.08. The number of hydrogen-bond acceptors (Lipinski definition) is 2. The smallest absolute Gasteiger partial charge is 0.126 e. The molecule has 2 nitrogen and oxygen atoms in total. The number of nitrogens with two attached hydrogens (primary N) is 1. The van der Waals surface area contributed by atoms with Crippen molar-refractivity contribution in [2.45, 2.75) is 40.2 Å². The average Bonchev–Trinajstić information content (AvgIpc) is 2.30. The van der Waals surface area contributed by atoms with E-state index in [-0.39, 0.29) is 6.04 Å². The third kappa shape index (κ3) is 2.38. The fourth-order valence-electron chi connectivity index (χ4n) is 1.90. The van der Waals surface area contributed by atoms with Crippen LogP contribution in [0.1, 0.15) is 43.0 Å². The Morgan fingerprint density at radius 3 is 2.44 bits per heavy atom. The molecule has 0 bridgehead atoms. The Balaban J connectivity index is 3.18. The van der Waals surface area contributed by atoms with Gasteiger partial charge in [-0.05, 0) is 30.9 Å². The minimum Gasteiger partial charge on any atom is -0.496 e. The van der Waals surface area contributed by atoms with Gasteiger partial charge in [0.1, 0.15) is 5.75 Å². The molecule has 0 amide bonds. The lowest BCUT2D eigenvalue weighted by atomic mass is 9.90. The molecule has 0 aromatic heterocycles. The van der Waals surface area contributed by atoms with Crippen LogP contribution >= 0.6 is 0 Å². The first kappa shape index (κ1) is 13.0. The first-order valence-electron chi connectivity index (χ1n) is 5.92. The van der Waals surface area contributed by atoms with Crippen LogP contribution in [-0.2, 0) is 0 Å². The molecular weight excluding hydrogens is 198 g/mol. The van der Waals surface area contributed by atoms with E-state index in [4.69, 9.17) is 10.5 Å². The summed E-state index contributed by atoms with van der Waals surface area (Å²) >= 11 is 0. The maximum Gasteiger partial charge on any atom is 0.126 e. The zero-order valence-electron chi connectivity index (χ0n) is 11.0. The second-order valence-corrected chi connectivity index (χ2v) is 4.54. The monoisotopic (exact) mass is 221 g/mol. The van der Waals surface area contributed by atoms with E-state index >= 15 is 0 Å². The highest BCUT2D eigenvalue weighted by Gasteiger charge is 2.19. The number of aryl methyl sites for hydroxylation is 1. The highest BCUT2D eigenvalue weighted by molar-refractivity contribution is 5.46. The summed E-state index contributed by atoms with van der Waals surface area (Å²) < 4.78 is 5.49. The second-order valence-electron chi connectivity index (χ2n) is 4.54. The molecule has 0 aliphatic carbocycles. The second kappa shape index (κ2) is 5.35. The van der Waals surface area contributed by atoms with E-state index in [9.17, 15) is 0 Å². The molecule has 1 aromatic carbocycles. The SMILES string of the molecule is CCC(C)C(N)c1ccc(C)c(C)c1OC. The summed E-state index contributed by atoms with van der Waals surface area (Å²) in [5, 5.41) is 0. The maximum atomic E-state index is 6.26. The van der Waals surface area contributed by atoms with Crippen molar-refractivity contribution in [1.29, 1.82) is 0 Å². The van der Waals surface area contributed by atoms with Crippen LogP contribution in [-0.4, -0.2) is 7.11 Å². The van der Waals surface area contributed by atoms with Gasteiger partial charge in [-0.3, -0.25) is 0 Å². The minimum atomic E-state index is 0.0549. The van der Waals surface area contributed by atoms with Crippen LogP contribution in [0.5, 0.6) is 5.75 Å². The molecule has 0 saturated carbocycles. The van der Waals surface area contributed by atoms with E-state index in [1.807, 2.05) is 0 Å². The van der Waals surface area contributed by atoms with Crippen LogP contribution in [0.3, 0.4) is 0 Å². The van der Waals surface area contributed by atoms with Gasteiger partial charge in [-0.25, -0.2) is 0 Å². The van der Waals surface area contributed by atoms with Gasteiger partial charge in [0.25, 0.3) is 0 Å². The van der Waals surface area contributed by atoms with Gasteiger partial charge in [-0.1, -0.05) is 32.4 Å². The van der Waals surface area contributed by atoms with Crippen molar-refractivity contribution in [1.82, 2.24) is 0 Å². The van der Waals surface area contributed by atoms with E-state index in [2.05, 4.69) is 39.8 Å². The average molecular weight is 221 g/mol. The summed E-state index contributed by atoms with van der Waals surface area (Å²) in [5.41, 5.74) is 9.83. The molecule has 16 heavy (non-hydrogen) atoms. The van der Waals surface area contributed by atoms with Gasteiger partial charge < -0.3 is 10.5 Å². The van der Waals surface area contributed by atoms with Crippen molar-refractivity contribution >= 4 is 0 Å².